The van der Waals surface area contributed by atoms with E-state index in [2.05, 4.69) is 20.8 Å². The molecule has 0 saturated carbocycles. The fourth-order valence-corrected chi connectivity index (χ4v) is 17.3. The summed E-state index contributed by atoms with van der Waals surface area (Å²) in [6.45, 7) is 2.91. The van der Waals surface area contributed by atoms with Gasteiger partial charge >= 0.3 is 0 Å². The van der Waals surface area contributed by atoms with Gasteiger partial charge in [0.2, 0.25) is 40.7 Å². The van der Waals surface area contributed by atoms with Crippen molar-refractivity contribution in [2.24, 2.45) is 0 Å². The summed E-state index contributed by atoms with van der Waals surface area (Å²) in [6, 6.07) is 26.9. The number of amides is 2. The first-order valence-electron chi connectivity index (χ1n) is 24.5. The van der Waals surface area contributed by atoms with Crippen LogP contribution in [-0.2, 0) is 52.6 Å². The molecule has 7 aromatic rings. The molecule has 1 aliphatic heterocycles. The van der Waals surface area contributed by atoms with Gasteiger partial charge in [-0.25, -0.2) is 25.3 Å². The second-order valence-electron chi connectivity index (χ2n) is 18.7. The average molecular weight is 1160 g/mol. The Morgan fingerprint density at radius 3 is 2.10 bits per heavy atom. The van der Waals surface area contributed by atoms with E-state index in [1.165, 1.54) is 122 Å². The molecule has 1 saturated heterocycles. The second kappa shape index (κ2) is 23.6. The van der Waals surface area contributed by atoms with E-state index in [1.807, 2.05) is 11.0 Å². The van der Waals surface area contributed by atoms with Crippen LogP contribution < -0.4 is 4.72 Å². The molecular formula is C53H55Cl2N11O9S3. The summed E-state index contributed by atoms with van der Waals surface area (Å²) < 4.78 is 103. The van der Waals surface area contributed by atoms with Crippen molar-refractivity contribution in [2.75, 3.05) is 46.4 Å². The topological polar surface area (TPSA) is 268 Å². The van der Waals surface area contributed by atoms with Gasteiger partial charge in [-0.05, 0) is 98.1 Å². The van der Waals surface area contributed by atoms with Crippen LogP contribution in [0.2, 0.25) is 10.0 Å². The van der Waals surface area contributed by atoms with Gasteiger partial charge < -0.3 is 29.0 Å². The number of carbonyl (C=O) groups is 2. The summed E-state index contributed by atoms with van der Waals surface area (Å²) in [4.78, 5) is 38.6. The van der Waals surface area contributed by atoms with Crippen LogP contribution in [0.15, 0.2) is 143 Å². The Hall–Kier alpha value is -6.90. The number of hydrogen-bond acceptors (Lipinski definition) is 13. The standard InChI is InChI=1S/C53H55Cl2N11O9S3/c1-37-11-6-16-43(54)49(37)76(70,71)53(52(69)61(3)36-39-13-4-5-22-58-39,60-77(72,73)50-38(2)12-7-17-44(50)55)33-48(65-25-10-15-41(65)35-57)66(78(74,75)47-19-8-18-45-42(47)20-23-59-45)46(21-26-63-24-9-14-40(63)34-56)51(68)64-29-27-62(28-30-64)31-32-67/h4-20,22-25,46,48,59-60,67H,21,26-33,36H2,1-3H3. The fraction of sp³-hybridized carbons (Fsp3) is 0.302. The summed E-state index contributed by atoms with van der Waals surface area (Å²) in [5.41, 5.74) is 0.453. The summed E-state index contributed by atoms with van der Waals surface area (Å²) in [7, 11) is -15.1. The molecule has 3 atom stereocenters. The number of nitrogens with one attached hydrogen (secondary N) is 2. The average Bonchev–Trinajstić information content (AvgIpc) is 4.23. The number of aromatic amines is 1. The summed E-state index contributed by atoms with van der Waals surface area (Å²) in [5, 5.41) is 30.2. The fourth-order valence-electron chi connectivity index (χ4n) is 10.0. The number of fused-ring (bicyclic) bond motifs is 1. The highest BCUT2D eigenvalue weighted by molar-refractivity contribution is 7.96. The molecule has 5 heterocycles. The van der Waals surface area contributed by atoms with Gasteiger partial charge in [0, 0.05) is 88.4 Å². The van der Waals surface area contributed by atoms with Crippen molar-refractivity contribution in [1.82, 2.24) is 42.8 Å². The van der Waals surface area contributed by atoms with Crippen LogP contribution >= 0.6 is 23.2 Å². The van der Waals surface area contributed by atoms with Gasteiger partial charge in [0.15, 0.2) is 0 Å². The lowest BCUT2D eigenvalue weighted by atomic mass is 10.1. The molecule has 408 valence electrons. The number of β-amino-alcohol motifs (C(OH)–C–C–N with tert-alkyl or cyclic N) is 1. The number of aliphatic hydroxyl groups is 1. The second-order valence-corrected chi connectivity index (χ2v) is 25.1. The van der Waals surface area contributed by atoms with Crippen LogP contribution in [-0.4, -0.2) is 138 Å². The lowest BCUT2D eigenvalue weighted by molar-refractivity contribution is -0.139. The van der Waals surface area contributed by atoms with E-state index in [4.69, 9.17) is 23.2 Å². The van der Waals surface area contributed by atoms with Crippen molar-refractivity contribution < 1.29 is 39.9 Å². The number of benzene rings is 3. The summed E-state index contributed by atoms with van der Waals surface area (Å²) in [5.74, 6) is -2.23. The van der Waals surface area contributed by atoms with Crippen LogP contribution in [0.3, 0.4) is 0 Å². The van der Waals surface area contributed by atoms with Crippen molar-refractivity contribution >= 4 is 75.8 Å². The lowest BCUT2D eigenvalue weighted by Crippen LogP contribution is -2.66. The van der Waals surface area contributed by atoms with E-state index in [9.17, 15) is 15.6 Å². The first-order chi connectivity index (χ1) is 37.2. The number of hydrogen-bond donors (Lipinski definition) is 3. The molecule has 3 aromatic carbocycles. The van der Waals surface area contributed by atoms with Crippen molar-refractivity contribution in [1.29, 1.82) is 10.5 Å². The SMILES string of the molecule is Cc1cccc(Cl)c1S(=O)(=O)NC(CC(N(C(CCn1cccc1C#N)C(=O)N1CCN(CCO)CC1)S(=O)(=O)c1cccc2[nH]ccc12)n1cccc1C#N)(C(=O)N(C)Cc1ccccn1)S(=O)(=O)c1c(C)cccc1Cl. The van der Waals surface area contributed by atoms with Crippen LogP contribution in [0, 0.1) is 36.5 Å². The molecule has 3 unspecified atom stereocenters. The number of pyridine rings is 1. The number of aromatic nitrogens is 4. The Morgan fingerprint density at radius 2 is 1.46 bits per heavy atom. The van der Waals surface area contributed by atoms with Gasteiger partial charge in [0.1, 0.15) is 40.6 Å². The molecule has 25 heteroatoms. The van der Waals surface area contributed by atoms with Gasteiger partial charge in [-0.2, -0.15) is 19.6 Å². The first-order valence-corrected chi connectivity index (χ1v) is 29.6. The number of nitriles is 2. The highest BCUT2D eigenvalue weighted by atomic mass is 35.5. The Kier molecular flexibility index (Phi) is 17.3. The predicted octanol–water partition coefficient (Wildman–Crippen LogP) is 5.82. The van der Waals surface area contributed by atoms with E-state index in [0.29, 0.717) is 5.52 Å². The number of sulfonamides is 2. The largest absolute Gasteiger partial charge is 0.395 e. The van der Waals surface area contributed by atoms with Gasteiger partial charge in [-0.3, -0.25) is 19.5 Å². The first kappa shape index (κ1) is 57.3. The molecule has 0 bridgehead atoms. The molecule has 3 N–H and O–H groups in total. The molecule has 78 heavy (non-hydrogen) atoms. The van der Waals surface area contributed by atoms with Crippen LogP contribution in [0.5, 0.6) is 0 Å². The Bertz CT molecular complexity index is 3750. The summed E-state index contributed by atoms with van der Waals surface area (Å²) >= 11 is 13.6. The van der Waals surface area contributed by atoms with E-state index in [0.717, 1.165) is 13.8 Å². The third-order valence-electron chi connectivity index (χ3n) is 13.8. The Labute approximate surface area is 462 Å². The van der Waals surface area contributed by atoms with Crippen molar-refractivity contribution in [3.05, 3.63) is 166 Å². The van der Waals surface area contributed by atoms with E-state index in [1.54, 1.807) is 36.5 Å². The van der Waals surface area contributed by atoms with E-state index >= 15 is 34.8 Å². The third-order valence-corrected chi connectivity index (χ3v) is 20.9. The van der Waals surface area contributed by atoms with E-state index < -0.39 is 93.0 Å². The number of likely N-dealkylation sites (N-methyl/N-ethyl adjacent to an activating group) is 1. The summed E-state index contributed by atoms with van der Waals surface area (Å²) in [6.07, 6.45) is 1.74. The number of H-pyrrole nitrogens is 1. The molecule has 2 amide bonds. The minimum Gasteiger partial charge on any atom is -0.395 e. The zero-order chi connectivity index (χ0) is 56.2. The van der Waals surface area contributed by atoms with Crippen molar-refractivity contribution in [2.45, 2.75) is 71.5 Å². The quantitative estimate of drug-likeness (QED) is 0.0767. The van der Waals surface area contributed by atoms with Crippen molar-refractivity contribution in [3.63, 3.8) is 0 Å². The molecule has 1 aliphatic rings. The van der Waals surface area contributed by atoms with Crippen LogP contribution in [0.4, 0.5) is 0 Å². The Balaban J connectivity index is 1.50. The number of aryl methyl sites for hydroxylation is 3. The van der Waals surface area contributed by atoms with Gasteiger partial charge in [-0.15, -0.1) is 0 Å². The number of aliphatic hydroxyl groups excluding tert-OH is 1. The predicted molar refractivity (Wildman–Crippen MR) is 291 cm³/mol. The van der Waals surface area contributed by atoms with Crippen LogP contribution in [0.25, 0.3) is 10.9 Å². The molecule has 1 fully saturated rings. The molecule has 0 spiro atoms. The van der Waals surface area contributed by atoms with Gasteiger partial charge in [0.05, 0.1) is 38.7 Å². The number of sulfone groups is 1. The maximum absolute atomic E-state index is 16.6. The number of nitrogens with zero attached hydrogens (tertiary/aromatic N) is 9. The minimum atomic E-state index is -5.70. The molecule has 8 rings (SSSR count). The number of carbonyl (C=O) groups excluding carboxylic acids is 2. The molecule has 0 aliphatic carbocycles. The maximum Gasteiger partial charge on any atom is 0.260 e. The number of halogens is 2. The minimum absolute atomic E-state index is 0.0348. The van der Waals surface area contributed by atoms with Gasteiger partial charge in [-0.1, -0.05) is 59.6 Å². The normalized spacial score (nSPS) is 15.1. The third kappa shape index (κ3) is 11.2. The maximum atomic E-state index is 16.6. The lowest BCUT2D eigenvalue weighted by Gasteiger charge is -2.44. The zero-order valence-corrected chi connectivity index (χ0v) is 46.5. The number of rotatable bonds is 21. The highest BCUT2D eigenvalue weighted by Gasteiger charge is 2.60. The molecular weight excluding hydrogens is 1100 g/mol. The molecule has 20 nitrogen and oxygen atoms in total. The Morgan fingerprint density at radius 1 is 0.808 bits per heavy atom. The monoisotopic (exact) mass is 1160 g/mol. The smallest absolute Gasteiger partial charge is 0.260 e. The van der Waals surface area contributed by atoms with Gasteiger partial charge in [0.25, 0.3) is 5.91 Å². The highest BCUT2D eigenvalue weighted by Crippen LogP contribution is 2.44. The number of piperazine rings is 1. The van der Waals surface area contributed by atoms with E-state index in [-0.39, 0.29) is 89.4 Å². The zero-order valence-electron chi connectivity index (χ0n) is 42.6. The van der Waals surface area contributed by atoms with Crippen LogP contribution in [0.1, 0.15) is 47.2 Å². The molecule has 0 radical (unpaired) electrons. The molecule has 4 aromatic heterocycles. The van der Waals surface area contributed by atoms with Crippen molar-refractivity contribution in [3.8, 4) is 12.1 Å².